The number of benzene rings is 1. The molecule has 0 radical (unpaired) electrons. The van der Waals surface area contributed by atoms with Crippen LogP contribution in [0.25, 0.3) is 0 Å². The molecule has 10 heteroatoms. The molecule has 1 atom stereocenters. The highest BCUT2D eigenvalue weighted by atomic mass is 32.2. The van der Waals surface area contributed by atoms with Crippen LogP contribution in [0.1, 0.15) is 12.8 Å². The fourth-order valence-electron chi connectivity index (χ4n) is 2.53. The van der Waals surface area contributed by atoms with Crippen LogP contribution in [0.5, 0.6) is 0 Å². The topological polar surface area (TPSA) is 83.6 Å². The first-order valence-electron chi connectivity index (χ1n) is 7.22. The molecule has 0 saturated carbocycles. The SMILES string of the molecule is C=CS(=O)(=O)NCC1CCCN(S(=O)(=O)c2cc(F)cc(F)c2)C1. The summed E-state index contributed by atoms with van der Waals surface area (Å²) in [5.41, 5.74) is 0. The summed E-state index contributed by atoms with van der Waals surface area (Å²) in [6, 6.07) is 2.13. The molecule has 0 aliphatic carbocycles. The molecule has 1 saturated heterocycles. The summed E-state index contributed by atoms with van der Waals surface area (Å²) in [5.74, 6) is -2.18. The van der Waals surface area contributed by atoms with Crippen LogP contribution >= 0.6 is 0 Å². The molecule has 0 aromatic heterocycles. The Labute approximate surface area is 140 Å². The Balaban J connectivity index is 2.14. The highest BCUT2D eigenvalue weighted by Gasteiger charge is 2.31. The first kappa shape index (κ1) is 19.0. The summed E-state index contributed by atoms with van der Waals surface area (Å²) < 4.78 is 77.8. The minimum atomic E-state index is -4.04. The van der Waals surface area contributed by atoms with Crippen molar-refractivity contribution in [1.82, 2.24) is 9.03 Å². The van der Waals surface area contributed by atoms with Gasteiger partial charge in [0.2, 0.25) is 20.0 Å². The summed E-state index contributed by atoms with van der Waals surface area (Å²) in [4.78, 5) is -0.452. The van der Waals surface area contributed by atoms with Gasteiger partial charge in [-0.15, -0.1) is 0 Å². The van der Waals surface area contributed by atoms with Gasteiger partial charge in [0.05, 0.1) is 4.90 Å². The van der Waals surface area contributed by atoms with E-state index in [1.807, 2.05) is 0 Å². The number of piperidine rings is 1. The van der Waals surface area contributed by atoms with Crippen molar-refractivity contribution in [3.8, 4) is 0 Å². The summed E-state index contributed by atoms with van der Waals surface area (Å²) in [7, 11) is -7.63. The predicted octanol–water partition coefficient (Wildman–Crippen LogP) is 1.43. The van der Waals surface area contributed by atoms with Crippen molar-refractivity contribution in [3.05, 3.63) is 41.8 Å². The maximum absolute atomic E-state index is 13.3. The van der Waals surface area contributed by atoms with Crippen molar-refractivity contribution in [2.24, 2.45) is 5.92 Å². The van der Waals surface area contributed by atoms with Gasteiger partial charge in [-0.1, -0.05) is 6.58 Å². The van der Waals surface area contributed by atoms with Gasteiger partial charge in [0.1, 0.15) is 11.6 Å². The molecule has 1 N–H and O–H groups in total. The molecule has 1 unspecified atom stereocenters. The largest absolute Gasteiger partial charge is 0.243 e. The van der Waals surface area contributed by atoms with Gasteiger partial charge in [-0.25, -0.2) is 30.3 Å². The van der Waals surface area contributed by atoms with Crippen molar-refractivity contribution in [2.75, 3.05) is 19.6 Å². The van der Waals surface area contributed by atoms with Gasteiger partial charge < -0.3 is 0 Å². The summed E-state index contributed by atoms with van der Waals surface area (Å²) >= 11 is 0. The van der Waals surface area contributed by atoms with E-state index in [0.717, 1.165) is 21.8 Å². The first-order valence-corrected chi connectivity index (χ1v) is 10.2. The molecule has 1 aliphatic heterocycles. The van der Waals surface area contributed by atoms with Gasteiger partial charge in [0.15, 0.2) is 0 Å². The van der Waals surface area contributed by atoms with E-state index in [2.05, 4.69) is 11.3 Å². The zero-order valence-electron chi connectivity index (χ0n) is 12.8. The molecule has 6 nitrogen and oxygen atoms in total. The fourth-order valence-corrected chi connectivity index (χ4v) is 4.71. The standard InChI is InChI=1S/C14H18F2N2O4S2/c1-2-23(19,20)17-9-11-4-3-5-18(10-11)24(21,22)14-7-12(15)6-13(16)8-14/h2,6-8,11,17H,1,3-5,9-10H2. The molecule has 1 aromatic carbocycles. The van der Waals surface area contributed by atoms with Gasteiger partial charge in [0, 0.05) is 31.1 Å². The number of sulfonamides is 2. The Kier molecular flexibility index (Phi) is 5.74. The molecule has 134 valence electrons. The molecule has 0 spiro atoms. The summed E-state index contributed by atoms with van der Waals surface area (Å²) in [6.45, 7) is 3.53. The van der Waals surface area contributed by atoms with Crippen LogP contribution in [-0.4, -0.2) is 40.8 Å². The van der Waals surface area contributed by atoms with Gasteiger partial charge in [-0.2, -0.15) is 4.31 Å². The number of halogens is 2. The van der Waals surface area contributed by atoms with E-state index in [1.165, 1.54) is 0 Å². The Morgan fingerprint density at radius 2 is 1.83 bits per heavy atom. The van der Waals surface area contributed by atoms with Gasteiger partial charge in [0.25, 0.3) is 0 Å². The Morgan fingerprint density at radius 1 is 1.21 bits per heavy atom. The van der Waals surface area contributed by atoms with Gasteiger partial charge in [-0.05, 0) is 30.9 Å². The zero-order valence-corrected chi connectivity index (χ0v) is 14.4. The highest BCUT2D eigenvalue weighted by molar-refractivity contribution is 7.92. The normalized spacial score (nSPS) is 20.0. The van der Waals surface area contributed by atoms with Crippen molar-refractivity contribution >= 4 is 20.0 Å². The third-order valence-electron chi connectivity index (χ3n) is 3.75. The maximum atomic E-state index is 13.3. The van der Waals surface area contributed by atoms with Crippen LogP contribution < -0.4 is 4.72 Å². The average molecular weight is 380 g/mol. The summed E-state index contributed by atoms with van der Waals surface area (Å²) in [5, 5.41) is 0.778. The molecule has 1 fully saturated rings. The molecule has 0 bridgehead atoms. The number of rotatable bonds is 6. The van der Waals surface area contributed by atoms with Crippen LogP contribution in [-0.2, 0) is 20.0 Å². The lowest BCUT2D eigenvalue weighted by molar-refractivity contribution is 0.267. The zero-order chi connectivity index (χ0) is 18.0. The van der Waals surface area contributed by atoms with E-state index >= 15 is 0 Å². The monoisotopic (exact) mass is 380 g/mol. The van der Waals surface area contributed by atoms with Crippen LogP contribution in [0.15, 0.2) is 35.1 Å². The third-order valence-corrected chi connectivity index (χ3v) is 6.60. The van der Waals surface area contributed by atoms with Crippen LogP contribution in [0.2, 0.25) is 0 Å². The molecule has 1 heterocycles. The minimum absolute atomic E-state index is 0.0673. The van der Waals surface area contributed by atoms with Crippen molar-refractivity contribution in [2.45, 2.75) is 17.7 Å². The molecule has 2 rings (SSSR count). The first-order chi connectivity index (χ1) is 11.1. The predicted molar refractivity (Wildman–Crippen MR) is 85.0 cm³/mol. The molecule has 1 aliphatic rings. The second kappa shape index (κ2) is 7.26. The van der Waals surface area contributed by atoms with Gasteiger partial charge in [-0.3, -0.25) is 0 Å². The Hall–Kier alpha value is -1.36. The quantitative estimate of drug-likeness (QED) is 0.809. The van der Waals surface area contributed by atoms with E-state index in [9.17, 15) is 25.6 Å². The fraction of sp³-hybridized carbons (Fsp3) is 0.429. The lowest BCUT2D eigenvalue weighted by Crippen LogP contribution is -2.43. The molecular weight excluding hydrogens is 362 g/mol. The lowest BCUT2D eigenvalue weighted by Gasteiger charge is -2.31. The third kappa shape index (κ3) is 4.59. The second-order valence-corrected chi connectivity index (χ2v) is 9.19. The number of hydrogen-bond donors (Lipinski definition) is 1. The van der Waals surface area contributed by atoms with Crippen LogP contribution in [0.4, 0.5) is 8.78 Å². The molecular formula is C14H18F2N2O4S2. The Bertz CT molecular complexity index is 805. The number of nitrogens with zero attached hydrogens (tertiary/aromatic N) is 1. The molecule has 1 aromatic rings. The number of hydrogen-bond acceptors (Lipinski definition) is 4. The van der Waals surface area contributed by atoms with Crippen molar-refractivity contribution in [1.29, 1.82) is 0 Å². The van der Waals surface area contributed by atoms with E-state index in [-0.39, 0.29) is 25.6 Å². The van der Waals surface area contributed by atoms with Crippen LogP contribution in [0.3, 0.4) is 0 Å². The van der Waals surface area contributed by atoms with Crippen molar-refractivity contribution in [3.63, 3.8) is 0 Å². The lowest BCUT2D eigenvalue weighted by atomic mass is 10.0. The van der Waals surface area contributed by atoms with E-state index < -0.39 is 36.6 Å². The van der Waals surface area contributed by atoms with E-state index in [1.54, 1.807) is 0 Å². The van der Waals surface area contributed by atoms with Gasteiger partial charge >= 0.3 is 0 Å². The minimum Gasteiger partial charge on any atom is -0.211 e. The van der Waals surface area contributed by atoms with E-state index in [4.69, 9.17) is 0 Å². The average Bonchev–Trinajstić information content (AvgIpc) is 2.52. The van der Waals surface area contributed by atoms with E-state index in [0.29, 0.717) is 18.9 Å². The second-order valence-electron chi connectivity index (χ2n) is 5.54. The smallest absolute Gasteiger partial charge is 0.211 e. The summed E-state index contributed by atoms with van der Waals surface area (Å²) in [6.07, 6.45) is 1.17. The van der Waals surface area contributed by atoms with Crippen LogP contribution in [0, 0.1) is 17.6 Å². The van der Waals surface area contributed by atoms with Crippen molar-refractivity contribution < 1.29 is 25.6 Å². The number of nitrogens with one attached hydrogen (secondary N) is 1. The molecule has 0 amide bonds. The highest BCUT2D eigenvalue weighted by Crippen LogP contribution is 2.24. The Morgan fingerprint density at radius 3 is 2.42 bits per heavy atom. The molecule has 24 heavy (non-hydrogen) atoms. The maximum Gasteiger partial charge on any atom is 0.243 e.